The highest BCUT2D eigenvalue weighted by molar-refractivity contribution is 5.39. The molecule has 1 heterocycles. The summed E-state index contributed by atoms with van der Waals surface area (Å²) in [5, 5.41) is 3.64. The van der Waals surface area contributed by atoms with E-state index in [4.69, 9.17) is 4.74 Å². The van der Waals surface area contributed by atoms with Crippen LogP contribution in [0.2, 0.25) is 0 Å². The lowest BCUT2D eigenvalue weighted by molar-refractivity contribution is 0.323. The number of rotatable bonds is 4. The molecule has 0 aliphatic carbocycles. The van der Waals surface area contributed by atoms with Crippen molar-refractivity contribution in [2.24, 2.45) is 0 Å². The molecular weight excluding hydrogens is 246 g/mol. The molecule has 2 heteroatoms. The van der Waals surface area contributed by atoms with Gasteiger partial charge in [-0.25, -0.2) is 0 Å². The maximum absolute atomic E-state index is 5.73. The number of ether oxygens (including phenoxy) is 1. The fourth-order valence-electron chi connectivity index (χ4n) is 2.90. The first-order valence-corrected chi connectivity index (χ1v) is 7.26. The summed E-state index contributed by atoms with van der Waals surface area (Å²) in [6.07, 6.45) is 0. The fourth-order valence-corrected chi connectivity index (χ4v) is 2.90. The maximum Gasteiger partial charge on any atom is 0.122 e. The molecule has 0 saturated carbocycles. The van der Waals surface area contributed by atoms with Gasteiger partial charge in [0.05, 0.1) is 6.61 Å². The average molecular weight is 267 g/mol. The number of benzene rings is 2. The van der Waals surface area contributed by atoms with Crippen molar-refractivity contribution in [2.75, 3.05) is 13.2 Å². The molecule has 1 unspecified atom stereocenters. The lowest BCUT2D eigenvalue weighted by Crippen LogP contribution is -2.25. The molecule has 0 amide bonds. The summed E-state index contributed by atoms with van der Waals surface area (Å²) in [5.74, 6) is 1.50. The van der Waals surface area contributed by atoms with Crippen LogP contribution in [0.25, 0.3) is 0 Å². The minimum Gasteiger partial charge on any atom is -0.493 e. The Hall–Kier alpha value is -1.80. The fraction of sp³-hybridized carbons (Fsp3) is 0.333. The normalized spacial score (nSPS) is 18.4. The van der Waals surface area contributed by atoms with E-state index in [0.29, 0.717) is 12.0 Å². The second-order valence-electron chi connectivity index (χ2n) is 5.53. The molecule has 2 aromatic rings. The van der Waals surface area contributed by atoms with Gasteiger partial charge in [-0.2, -0.15) is 0 Å². The van der Waals surface area contributed by atoms with E-state index in [1.54, 1.807) is 0 Å². The highest BCUT2D eigenvalue weighted by atomic mass is 16.5. The second-order valence-corrected chi connectivity index (χ2v) is 5.53. The first-order valence-electron chi connectivity index (χ1n) is 7.26. The molecule has 3 rings (SSSR count). The zero-order chi connectivity index (χ0) is 13.9. The monoisotopic (exact) mass is 267 g/mol. The summed E-state index contributed by atoms with van der Waals surface area (Å²) in [5.41, 5.74) is 4.05. The van der Waals surface area contributed by atoms with E-state index in [9.17, 15) is 0 Å². The third kappa shape index (κ3) is 2.56. The van der Waals surface area contributed by atoms with Crippen LogP contribution in [0.3, 0.4) is 0 Å². The van der Waals surface area contributed by atoms with E-state index < -0.39 is 0 Å². The lowest BCUT2D eigenvalue weighted by atomic mass is 9.99. The first-order chi connectivity index (χ1) is 9.75. The summed E-state index contributed by atoms with van der Waals surface area (Å²) in [4.78, 5) is 0. The first kappa shape index (κ1) is 13.2. The molecule has 20 heavy (non-hydrogen) atoms. The molecule has 0 aromatic heterocycles. The highest BCUT2D eigenvalue weighted by Crippen LogP contribution is 2.33. The number of para-hydroxylation sites is 1. The Morgan fingerprint density at radius 3 is 2.75 bits per heavy atom. The zero-order valence-corrected chi connectivity index (χ0v) is 12.1. The molecular formula is C18H21NO. The van der Waals surface area contributed by atoms with E-state index in [-0.39, 0.29) is 0 Å². The van der Waals surface area contributed by atoms with Gasteiger partial charge in [0.1, 0.15) is 5.75 Å². The van der Waals surface area contributed by atoms with E-state index in [0.717, 1.165) is 18.9 Å². The Kier molecular flexibility index (Phi) is 3.75. The number of hydrogen-bond acceptors (Lipinski definition) is 2. The summed E-state index contributed by atoms with van der Waals surface area (Å²) in [6, 6.07) is 17.3. The number of fused-ring (bicyclic) bond motifs is 1. The van der Waals surface area contributed by atoms with Gasteiger partial charge in [-0.3, -0.25) is 0 Å². The van der Waals surface area contributed by atoms with Crippen LogP contribution in [0, 0.1) is 6.92 Å². The lowest BCUT2D eigenvalue weighted by Gasteiger charge is -2.19. The minimum atomic E-state index is 0.365. The third-order valence-corrected chi connectivity index (χ3v) is 4.12. The molecule has 0 radical (unpaired) electrons. The predicted octanol–water partition coefficient (Wildman–Crippen LogP) is 3.82. The molecule has 1 aliphatic rings. The molecule has 0 fully saturated rings. The largest absolute Gasteiger partial charge is 0.493 e. The Morgan fingerprint density at radius 1 is 1.15 bits per heavy atom. The van der Waals surface area contributed by atoms with Gasteiger partial charge in [-0.05, 0) is 31.0 Å². The number of hydrogen-bond donors (Lipinski definition) is 1. The second kappa shape index (κ2) is 5.68. The number of aryl methyl sites for hydroxylation is 1. The topological polar surface area (TPSA) is 21.3 Å². The van der Waals surface area contributed by atoms with Crippen molar-refractivity contribution in [3.8, 4) is 5.75 Å². The van der Waals surface area contributed by atoms with Crippen LogP contribution < -0.4 is 10.1 Å². The Labute approximate surface area is 120 Å². The van der Waals surface area contributed by atoms with Crippen LogP contribution in [0.4, 0.5) is 0 Å². The Balaban J connectivity index is 1.65. The third-order valence-electron chi connectivity index (χ3n) is 4.12. The molecule has 0 saturated heterocycles. The summed E-state index contributed by atoms with van der Waals surface area (Å²) in [7, 11) is 0. The molecule has 104 valence electrons. The van der Waals surface area contributed by atoms with Crippen LogP contribution in [0.1, 0.15) is 35.6 Å². The molecule has 2 nitrogen and oxygen atoms in total. The zero-order valence-electron chi connectivity index (χ0n) is 12.1. The van der Waals surface area contributed by atoms with E-state index >= 15 is 0 Å². The number of nitrogens with one attached hydrogen (secondary N) is 1. The van der Waals surface area contributed by atoms with Crippen molar-refractivity contribution >= 4 is 0 Å². The van der Waals surface area contributed by atoms with Crippen molar-refractivity contribution < 1.29 is 4.74 Å². The van der Waals surface area contributed by atoms with Crippen molar-refractivity contribution in [3.63, 3.8) is 0 Å². The van der Waals surface area contributed by atoms with E-state index in [1.807, 2.05) is 6.07 Å². The van der Waals surface area contributed by atoms with Gasteiger partial charge in [0.25, 0.3) is 0 Å². The predicted molar refractivity (Wildman–Crippen MR) is 82.3 cm³/mol. The molecule has 2 atom stereocenters. The smallest absolute Gasteiger partial charge is 0.122 e. The minimum absolute atomic E-state index is 0.365. The van der Waals surface area contributed by atoms with Crippen molar-refractivity contribution in [1.29, 1.82) is 0 Å². The van der Waals surface area contributed by atoms with Gasteiger partial charge in [-0.1, -0.05) is 42.5 Å². The van der Waals surface area contributed by atoms with E-state index in [2.05, 4.69) is 61.6 Å². The Bertz CT molecular complexity index is 593. The molecule has 1 aliphatic heterocycles. The van der Waals surface area contributed by atoms with Gasteiger partial charge in [-0.15, -0.1) is 0 Å². The SMILES string of the molecule is Cc1ccccc1[C@@H](C)NCC1COc2ccccc21. The molecule has 0 bridgehead atoms. The van der Waals surface area contributed by atoms with Gasteiger partial charge < -0.3 is 10.1 Å². The van der Waals surface area contributed by atoms with Crippen molar-refractivity contribution in [1.82, 2.24) is 5.32 Å². The standard InChI is InChI=1S/C18H21NO/c1-13-7-3-4-8-16(13)14(2)19-11-15-12-20-18-10-6-5-9-17(15)18/h3-10,14-15,19H,11-12H2,1-2H3/t14-,15?/m1/s1. The Morgan fingerprint density at radius 2 is 1.90 bits per heavy atom. The molecule has 1 N–H and O–H groups in total. The van der Waals surface area contributed by atoms with Crippen molar-refractivity contribution in [3.05, 3.63) is 65.2 Å². The van der Waals surface area contributed by atoms with Gasteiger partial charge in [0.2, 0.25) is 0 Å². The summed E-state index contributed by atoms with van der Waals surface area (Å²) in [6.45, 7) is 6.13. The summed E-state index contributed by atoms with van der Waals surface area (Å²) >= 11 is 0. The van der Waals surface area contributed by atoms with Crippen LogP contribution in [0.5, 0.6) is 5.75 Å². The van der Waals surface area contributed by atoms with Gasteiger partial charge in [0.15, 0.2) is 0 Å². The van der Waals surface area contributed by atoms with Crippen LogP contribution >= 0.6 is 0 Å². The quantitative estimate of drug-likeness (QED) is 0.909. The van der Waals surface area contributed by atoms with Crippen LogP contribution in [-0.4, -0.2) is 13.2 Å². The average Bonchev–Trinajstić information content (AvgIpc) is 2.88. The van der Waals surface area contributed by atoms with Gasteiger partial charge in [0, 0.05) is 24.1 Å². The van der Waals surface area contributed by atoms with Gasteiger partial charge >= 0.3 is 0 Å². The van der Waals surface area contributed by atoms with Crippen molar-refractivity contribution in [2.45, 2.75) is 25.8 Å². The maximum atomic E-state index is 5.73. The molecule has 2 aromatic carbocycles. The molecule has 0 spiro atoms. The van der Waals surface area contributed by atoms with Crippen LogP contribution in [0.15, 0.2) is 48.5 Å². The summed E-state index contributed by atoms with van der Waals surface area (Å²) < 4.78 is 5.73. The van der Waals surface area contributed by atoms with E-state index in [1.165, 1.54) is 16.7 Å². The van der Waals surface area contributed by atoms with Crippen LogP contribution in [-0.2, 0) is 0 Å². The highest BCUT2D eigenvalue weighted by Gasteiger charge is 2.23.